The Labute approximate surface area is 89.3 Å². The monoisotopic (exact) mass is 256 g/mol. The van der Waals surface area contributed by atoms with Gasteiger partial charge in [0.05, 0.1) is 5.41 Å². The van der Waals surface area contributed by atoms with Crippen LogP contribution in [0.5, 0.6) is 5.88 Å². The maximum Gasteiger partial charge on any atom is 0.228 e. The van der Waals surface area contributed by atoms with Crippen molar-refractivity contribution < 1.29 is 9.90 Å². The number of halogens is 1. The highest BCUT2D eigenvalue weighted by atomic mass is 79.9. The first-order valence-electron chi connectivity index (χ1n) is 4.21. The van der Waals surface area contributed by atoms with Crippen LogP contribution in [0, 0.1) is 0 Å². The summed E-state index contributed by atoms with van der Waals surface area (Å²) in [6.07, 6.45) is 2.86. The minimum absolute atomic E-state index is 0.107. The maximum atomic E-state index is 11.2. The smallest absolute Gasteiger partial charge is 0.228 e. The Balaban J connectivity index is 2.51. The number of nitrogens with zero attached hydrogens (tertiary/aromatic N) is 1. The Morgan fingerprint density at radius 2 is 2.29 bits per heavy atom. The molecule has 0 aromatic carbocycles. The number of primary amides is 1. The van der Waals surface area contributed by atoms with Crippen molar-refractivity contribution in [2.45, 2.75) is 18.3 Å². The van der Waals surface area contributed by atoms with Crippen molar-refractivity contribution in [1.29, 1.82) is 0 Å². The topological polar surface area (TPSA) is 76.2 Å². The molecular weight excluding hydrogens is 248 g/mol. The lowest BCUT2D eigenvalue weighted by atomic mass is 9.96. The van der Waals surface area contributed by atoms with Gasteiger partial charge in [-0.05, 0) is 34.8 Å². The van der Waals surface area contributed by atoms with Gasteiger partial charge in [-0.1, -0.05) is 0 Å². The number of pyridine rings is 1. The van der Waals surface area contributed by atoms with E-state index in [1.165, 1.54) is 6.20 Å². The van der Waals surface area contributed by atoms with Crippen molar-refractivity contribution in [1.82, 2.24) is 4.98 Å². The number of rotatable bonds is 2. The highest BCUT2D eigenvalue weighted by Gasteiger charge is 2.52. The quantitative estimate of drug-likeness (QED) is 0.831. The molecule has 1 fully saturated rings. The number of hydrogen-bond acceptors (Lipinski definition) is 3. The van der Waals surface area contributed by atoms with Gasteiger partial charge < -0.3 is 10.8 Å². The predicted molar refractivity (Wildman–Crippen MR) is 53.7 cm³/mol. The van der Waals surface area contributed by atoms with E-state index in [-0.39, 0.29) is 5.88 Å². The molecule has 14 heavy (non-hydrogen) atoms. The molecule has 2 rings (SSSR count). The number of aromatic hydroxyl groups is 1. The van der Waals surface area contributed by atoms with Crippen molar-refractivity contribution in [3.05, 3.63) is 22.3 Å². The van der Waals surface area contributed by atoms with Gasteiger partial charge in [0, 0.05) is 16.2 Å². The van der Waals surface area contributed by atoms with Gasteiger partial charge in [0.15, 0.2) is 0 Å². The second-order valence-electron chi connectivity index (χ2n) is 3.47. The minimum Gasteiger partial charge on any atom is -0.493 e. The van der Waals surface area contributed by atoms with E-state index in [2.05, 4.69) is 20.9 Å². The first-order valence-corrected chi connectivity index (χ1v) is 5.00. The molecule has 0 radical (unpaired) electrons. The fraction of sp³-hybridized carbons (Fsp3) is 0.333. The van der Waals surface area contributed by atoms with Gasteiger partial charge in [0.2, 0.25) is 11.8 Å². The Morgan fingerprint density at radius 1 is 1.64 bits per heavy atom. The number of carbonyl (C=O) groups is 1. The van der Waals surface area contributed by atoms with Gasteiger partial charge >= 0.3 is 0 Å². The third-order valence-corrected chi connectivity index (χ3v) is 3.00. The van der Waals surface area contributed by atoms with Gasteiger partial charge in [-0.3, -0.25) is 4.79 Å². The van der Waals surface area contributed by atoms with E-state index in [1.54, 1.807) is 6.07 Å². The molecule has 0 unspecified atom stereocenters. The number of aromatic nitrogens is 1. The molecule has 1 heterocycles. The molecule has 0 aliphatic heterocycles. The van der Waals surface area contributed by atoms with E-state index in [1.807, 2.05) is 0 Å². The average molecular weight is 257 g/mol. The molecular formula is C9H9BrN2O2. The standard InChI is InChI=1S/C9H9BrN2O2/c10-5-3-6(7(13)12-4-5)9(1-2-9)8(11)14/h3-4H,1-2H2,(H2,11,14)(H,12,13). The first-order chi connectivity index (χ1) is 6.56. The van der Waals surface area contributed by atoms with Crippen LogP contribution in [0.4, 0.5) is 0 Å². The zero-order chi connectivity index (χ0) is 10.3. The third-order valence-electron chi connectivity index (χ3n) is 2.57. The van der Waals surface area contributed by atoms with Gasteiger partial charge in [0.25, 0.3) is 0 Å². The normalized spacial score (nSPS) is 17.8. The molecule has 3 N–H and O–H groups in total. The van der Waals surface area contributed by atoms with Crippen molar-refractivity contribution >= 4 is 21.8 Å². The van der Waals surface area contributed by atoms with Crippen LogP contribution >= 0.6 is 15.9 Å². The lowest BCUT2D eigenvalue weighted by Crippen LogP contribution is -2.28. The van der Waals surface area contributed by atoms with E-state index in [0.29, 0.717) is 18.4 Å². The zero-order valence-electron chi connectivity index (χ0n) is 7.33. The molecule has 0 saturated heterocycles. The van der Waals surface area contributed by atoms with Crippen LogP contribution in [0.25, 0.3) is 0 Å². The number of nitrogens with two attached hydrogens (primary N) is 1. The summed E-state index contributed by atoms with van der Waals surface area (Å²) in [4.78, 5) is 15.0. The van der Waals surface area contributed by atoms with Crippen molar-refractivity contribution in [2.24, 2.45) is 5.73 Å². The van der Waals surface area contributed by atoms with Crippen molar-refractivity contribution in [3.63, 3.8) is 0 Å². The molecule has 1 amide bonds. The van der Waals surface area contributed by atoms with Crippen LogP contribution < -0.4 is 5.73 Å². The molecule has 1 aromatic heterocycles. The maximum absolute atomic E-state index is 11.2. The van der Waals surface area contributed by atoms with E-state index < -0.39 is 11.3 Å². The third kappa shape index (κ3) is 1.28. The lowest BCUT2D eigenvalue weighted by Gasteiger charge is -2.12. The highest BCUT2D eigenvalue weighted by molar-refractivity contribution is 9.10. The highest BCUT2D eigenvalue weighted by Crippen LogP contribution is 2.50. The summed E-state index contributed by atoms with van der Waals surface area (Å²) in [7, 11) is 0. The summed E-state index contributed by atoms with van der Waals surface area (Å²) in [6.45, 7) is 0. The van der Waals surface area contributed by atoms with Gasteiger partial charge in [-0.15, -0.1) is 0 Å². The van der Waals surface area contributed by atoms with Gasteiger partial charge in [-0.2, -0.15) is 0 Å². The summed E-state index contributed by atoms with van der Waals surface area (Å²) in [6, 6.07) is 1.69. The minimum atomic E-state index is -0.680. The van der Waals surface area contributed by atoms with Crippen LogP contribution in [-0.2, 0) is 10.2 Å². The summed E-state index contributed by atoms with van der Waals surface area (Å²) >= 11 is 3.24. The summed E-state index contributed by atoms with van der Waals surface area (Å²) < 4.78 is 0.734. The van der Waals surface area contributed by atoms with Crippen LogP contribution in [-0.4, -0.2) is 16.0 Å². The van der Waals surface area contributed by atoms with Crippen LogP contribution in [0.3, 0.4) is 0 Å². The van der Waals surface area contributed by atoms with Crippen LogP contribution in [0.1, 0.15) is 18.4 Å². The van der Waals surface area contributed by atoms with Crippen molar-refractivity contribution in [3.8, 4) is 5.88 Å². The fourth-order valence-electron chi connectivity index (χ4n) is 1.56. The Hall–Kier alpha value is -1.10. The van der Waals surface area contributed by atoms with Gasteiger partial charge in [0.1, 0.15) is 0 Å². The molecule has 0 spiro atoms. The largest absolute Gasteiger partial charge is 0.493 e. The zero-order valence-corrected chi connectivity index (χ0v) is 8.91. The summed E-state index contributed by atoms with van der Waals surface area (Å²) in [5, 5.41) is 9.52. The second kappa shape index (κ2) is 2.95. The molecule has 0 bridgehead atoms. The summed E-state index contributed by atoms with van der Waals surface area (Å²) in [5.41, 5.74) is 5.14. The van der Waals surface area contributed by atoms with Crippen molar-refractivity contribution in [2.75, 3.05) is 0 Å². The fourth-order valence-corrected chi connectivity index (χ4v) is 1.89. The van der Waals surface area contributed by atoms with E-state index in [4.69, 9.17) is 5.73 Å². The van der Waals surface area contributed by atoms with E-state index in [0.717, 1.165) is 4.47 Å². The Bertz CT molecular complexity index is 402. The predicted octanol–water partition coefficient (Wildman–Crippen LogP) is 1.07. The Kier molecular flexibility index (Phi) is 1.99. The molecule has 5 heteroatoms. The van der Waals surface area contributed by atoms with Crippen LogP contribution in [0.2, 0.25) is 0 Å². The number of hydrogen-bond donors (Lipinski definition) is 2. The van der Waals surface area contributed by atoms with Gasteiger partial charge in [-0.25, -0.2) is 4.98 Å². The molecule has 1 saturated carbocycles. The lowest BCUT2D eigenvalue weighted by molar-refractivity contribution is -0.120. The number of amides is 1. The molecule has 0 atom stereocenters. The molecule has 4 nitrogen and oxygen atoms in total. The van der Waals surface area contributed by atoms with Crippen LogP contribution in [0.15, 0.2) is 16.7 Å². The second-order valence-corrected chi connectivity index (χ2v) is 4.39. The molecule has 74 valence electrons. The number of carbonyl (C=O) groups excluding carboxylic acids is 1. The van der Waals surface area contributed by atoms with E-state index >= 15 is 0 Å². The molecule has 1 aromatic rings. The molecule has 1 aliphatic carbocycles. The average Bonchev–Trinajstić information content (AvgIpc) is 2.90. The SMILES string of the molecule is NC(=O)C1(c2cc(Br)cnc2O)CC1. The summed E-state index contributed by atoms with van der Waals surface area (Å²) in [5.74, 6) is -0.503. The van der Waals surface area contributed by atoms with E-state index in [9.17, 15) is 9.90 Å². The first kappa shape index (κ1) is 9.45. The molecule has 1 aliphatic rings. The Morgan fingerprint density at radius 3 is 2.79 bits per heavy atom.